The van der Waals surface area contributed by atoms with Crippen LogP contribution in [0.15, 0.2) is 41.6 Å². The van der Waals surface area contributed by atoms with Crippen molar-refractivity contribution in [3.8, 4) is 0 Å². The van der Waals surface area contributed by atoms with Crippen molar-refractivity contribution in [2.45, 2.75) is 18.6 Å². The number of ether oxygens (including phenoxy) is 2. The standard InChI is InChI=1S/C13H18BO4P/c1-17-11(8-10-6-4-3-5-7-10)12(18-2)9-13(14)19(15)16/h3-7,9,11-12,15-16H,8H2,1-2H3/b13-9+/t11-,12?/m0/s1. The topological polar surface area (TPSA) is 58.9 Å². The van der Waals surface area contributed by atoms with Crippen LogP contribution in [0.3, 0.4) is 0 Å². The minimum atomic E-state index is -2.29. The Morgan fingerprint density at radius 1 is 1.26 bits per heavy atom. The van der Waals surface area contributed by atoms with Gasteiger partial charge in [0.15, 0.2) is 8.38 Å². The van der Waals surface area contributed by atoms with Crippen molar-refractivity contribution in [3.05, 3.63) is 47.2 Å². The molecule has 0 aromatic heterocycles. The zero-order valence-electron chi connectivity index (χ0n) is 11.1. The van der Waals surface area contributed by atoms with E-state index in [9.17, 15) is 0 Å². The van der Waals surface area contributed by atoms with Crippen molar-refractivity contribution in [1.29, 1.82) is 0 Å². The number of hydrogen-bond acceptors (Lipinski definition) is 4. The van der Waals surface area contributed by atoms with Crippen LogP contribution in [0.4, 0.5) is 0 Å². The van der Waals surface area contributed by atoms with E-state index in [4.69, 9.17) is 27.1 Å². The second-order valence-corrected chi connectivity index (χ2v) is 5.14. The maximum atomic E-state index is 9.04. The molecule has 4 nitrogen and oxygen atoms in total. The smallest absolute Gasteiger partial charge is 0.183 e. The molecule has 2 radical (unpaired) electrons. The van der Waals surface area contributed by atoms with E-state index in [2.05, 4.69) is 0 Å². The Morgan fingerprint density at radius 2 is 1.89 bits per heavy atom. The van der Waals surface area contributed by atoms with Crippen LogP contribution in [0.2, 0.25) is 0 Å². The first-order valence-electron chi connectivity index (χ1n) is 5.83. The lowest BCUT2D eigenvalue weighted by molar-refractivity contribution is -0.0107. The van der Waals surface area contributed by atoms with E-state index < -0.39 is 14.5 Å². The Morgan fingerprint density at radius 3 is 2.37 bits per heavy atom. The van der Waals surface area contributed by atoms with E-state index in [1.165, 1.54) is 13.2 Å². The highest BCUT2D eigenvalue weighted by atomic mass is 31.2. The molecule has 0 aliphatic heterocycles. The molecule has 0 saturated heterocycles. The maximum absolute atomic E-state index is 9.04. The minimum absolute atomic E-state index is 0.0111. The van der Waals surface area contributed by atoms with Crippen LogP contribution in [-0.2, 0) is 15.9 Å². The summed E-state index contributed by atoms with van der Waals surface area (Å²) in [5, 5.41) is 0.0111. The summed E-state index contributed by atoms with van der Waals surface area (Å²) in [4.78, 5) is 18.1. The molecule has 1 aromatic carbocycles. The molecule has 0 aliphatic rings. The summed E-state index contributed by atoms with van der Waals surface area (Å²) < 4.78 is 10.7. The average Bonchev–Trinajstić information content (AvgIpc) is 2.43. The van der Waals surface area contributed by atoms with E-state index in [0.29, 0.717) is 6.42 Å². The molecule has 0 fully saturated rings. The third kappa shape index (κ3) is 5.43. The third-order valence-electron chi connectivity index (χ3n) is 2.79. The van der Waals surface area contributed by atoms with E-state index in [1.807, 2.05) is 30.3 Å². The summed E-state index contributed by atoms with van der Waals surface area (Å²) >= 11 is 0. The van der Waals surface area contributed by atoms with Gasteiger partial charge in [0.05, 0.1) is 6.10 Å². The van der Waals surface area contributed by atoms with Crippen molar-refractivity contribution in [2.24, 2.45) is 0 Å². The lowest BCUT2D eigenvalue weighted by Crippen LogP contribution is -2.30. The van der Waals surface area contributed by atoms with Crippen molar-refractivity contribution < 1.29 is 19.3 Å². The molecule has 0 heterocycles. The van der Waals surface area contributed by atoms with E-state index in [-0.39, 0.29) is 11.3 Å². The van der Waals surface area contributed by atoms with Crippen LogP contribution in [0.5, 0.6) is 0 Å². The van der Waals surface area contributed by atoms with Crippen LogP contribution < -0.4 is 0 Å². The van der Waals surface area contributed by atoms with Crippen molar-refractivity contribution in [1.82, 2.24) is 0 Å². The molecule has 0 saturated carbocycles. The highest BCUT2D eigenvalue weighted by molar-refractivity contribution is 7.52. The van der Waals surface area contributed by atoms with Crippen LogP contribution in [-0.4, -0.2) is 44.1 Å². The molecular formula is C13H18BO4P. The van der Waals surface area contributed by atoms with Crippen molar-refractivity contribution in [2.75, 3.05) is 14.2 Å². The summed E-state index contributed by atoms with van der Waals surface area (Å²) in [7, 11) is 6.37. The Labute approximate surface area is 116 Å². The first-order valence-corrected chi connectivity index (χ1v) is 7.08. The SMILES string of the molecule is [B]/C(=C\C(OC)[C@H](Cc1ccccc1)OC)P(O)O. The van der Waals surface area contributed by atoms with Gasteiger partial charge in [-0.3, -0.25) is 0 Å². The predicted octanol–water partition coefficient (Wildman–Crippen LogP) is 1.57. The molecule has 2 atom stereocenters. The Balaban J connectivity index is 2.79. The molecule has 19 heavy (non-hydrogen) atoms. The fraction of sp³-hybridized carbons (Fsp3) is 0.385. The Hall–Kier alpha value is -0.705. The lowest BCUT2D eigenvalue weighted by atomic mass is 10.0. The summed E-state index contributed by atoms with van der Waals surface area (Å²) in [5.41, 5.74) is 1.11. The maximum Gasteiger partial charge on any atom is 0.183 e. The van der Waals surface area contributed by atoms with E-state index in [0.717, 1.165) is 5.56 Å². The van der Waals surface area contributed by atoms with Gasteiger partial charge in [0.2, 0.25) is 0 Å². The largest absolute Gasteiger partial charge is 0.378 e. The zero-order chi connectivity index (χ0) is 14.3. The lowest BCUT2D eigenvalue weighted by Gasteiger charge is -2.23. The summed E-state index contributed by atoms with van der Waals surface area (Å²) in [6.07, 6.45) is 1.45. The number of methoxy groups -OCH3 is 2. The monoisotopic (exact) mass is 280 g/mol. The fourth-order valence-corrected chi connectivity index (χ4v) is 2.02. The van der Waals surface area contributed by atoms with Gasteiger partial charge in [0, 0.05) is 20.6 Å². The number of hydrogen-bond donors (Lipinski definition) is 2. The quantitative estimate of drug-likeness (QED) is 0.588. The Kier molecular flexibility index (Phi) is 7.28. The van der Waals surface area contributed by atoms with Gasteiger partial charge in [0.25, 0.3) is 0 Å². The molecule has 102 valence electrons. The molecule has 1 rings (SSSR count). The summed E-state index contributed by atoms with van der Waals surface area (Å²) in [5.74, 6) is 0. The normalized spacial score (nSPS) is 15.5. The van der Waals surface area contributed by atoms with Crippen molar-refractivity contribution in [3.63, 3.8) is 0 Å². The van der Waals surface area contributed by atoms with Gasteiger partial charge < -0.3 is 19.3 Å². The van der Waals surface area contributed by atoms with Gasteiger partial charge in [-0.1, -0.05) is 36.4 Å². The predicted molar refractivity (Wildman–Crippen MR) is 76.9 cm³/mol. The van der Waals surface area contributed by atoms with Gasteiger partial charge >= 0.3 is 0 Å². The van der Waals surface area contributed by atoms with Gasteiger partial charge in [-0.25, -0.2) is 0 Å². The highest BCUT2D eigenvalue weighted by Crippen LogP contribution is 2.33. The van der Waals surface area contributed by atoms with Gasteiger partial charge in [0.1, 0.15) is 14.0 Å². The molecule has 0 amide bonds. The van der Waals surface area contributed by atoms with Crippen LogP contribution in [0.25, 0.3) is 0 Å². The molecular weight excluding hydrogens is 262 g/mol. The number of rotatable bonds is 7. The first kappa shape index (κ1) is 16.3. The molecule has 2 N–H and O–H groups in total. The highest BCUT2D eigenvalue weighted by Gasteiger charge is 2.20. The summed E-state index contributed by atoms with van der Waals surface area (Å²) in [6.45, 7) is 0. The van der Waals surface area contributed by atoms with E-state index >= 15 is 0 Å². The minimum Gasteiger partial charge on any atom is -0.378 e. The first-order chi connectivity index (χ1) is 9.08. The van der Waals surface area contributed by atoms with Crippen LogP contribution in [0.1, 0.15) is 5.56 Å². The molecule has 1 unspecified atom stereocenters. The second kappa shape index (κ2) is 8.46. The Bertz CT molecular complexity index is 397. The zero-order valence-corrected chi connectivity index (χ0v) is 12.0. The molecule has 0 spiro atoms. The van der Waals surface area contributed by atoms with Gasteiger partial charge in [-0.2, -0.15) is 0 Å². The molecule has 0 bridgehead atoms. The molecule has 6 heteroatoms. The van der Waals surface area contributed by atoms with Gasteiger partial charge in [-0.15, -0.1) is 0 Å². The molecule has 1 aromatic rings. The van der Waals surface area contributed by atoms with E-state index in [1.54, 1.807) is 7.11 Å². The fourth-order valence-electron chi connectivity index (χ4n) is 1.74. The number of benzene rings is 1. The van der Waals surface area contributed by atoms with Crippen molar-refractivity contribution >= 4 is 16.2 Å². The molecule has 0 aliphatic carbocycles. The second-order valence-electron chi connectivity index (χ2n) is 4.05. The van der Waals surface area contributed by atoms with Gasteiger partial charge in [-0.05, 0) is 10.8 Å². The van der Waals surface area contributed by atoms with Crippen LogP contribution >= 0.6 is 8.38 Å². The summed E-state index contributed by atoms with van der Waals surface area (Å²) in [6, 6.07) is 9.85. The average molecular weight is 280 g/mol. The van der Waals surface area contributed by atoms with Crippen LogP contribution in [0, 0.1) is 0 Å². The third-order valence-corrected chi connectivity index (χ3v) is 3.40.